The lowest BCUT2D eigenvalue weighted by Crippen LogP contribution is -2.51. The number of rotatable bonds is 8. The third kappa shape index (κ3) is 5.98. The van der Waals surface area contributed by atoms with Gasteiger partial charge in [-0.05, 0) is 49.8 Å². The molecule has 0 aliphatic heterocycles. The van der Waals surface area contributed by atoms with E-state index in [1.165, 1.54) is 6.92 Å². The Bertz CT molecular complexity index is 492. The fourth-order valence-electron chi connectivity index (χ4n) is 1.62. The largest absolute Gasteiger partial charge is 0.480 e. The second-order valence-corrected chi connectivity index (χ2v) is 6.55. The molecule has 0 bridgehead atoms. The maximum atomic E-state index is 11.8. The summed E-state index contributed by atoms with van der Waals surface area (Å²) in [4.78, 5) is 24.0. The van der Waals surface area contributed by atoms with E-state index in [-0.39, 0.29) is 5.91 Å². The monoisotopic (exact) mass is 329 g/mol. The van der Waals surface area contributed by atoms with Crippen molar-refractivity contribution >= 4 is 35.2 Å². The predicted octanol–water partition coefficient (Wildman–Crippen LogP) is 3.58. The van der Waals surface area contributed by atoms with Crippen molar-refractivity contribution in [1.29, 1.82) is 0 Å². The number of carbonyl (C=O) groups is 2. The quantitative estimate of drug-likeness (QED) is 0.565. The third-order valence-electron chi connectivity index (χ3n) is 3.22. The van der Waals surface area contributed by atoms with Crippen molar-refractivity contribution in [2.45, 2.75) is 43.5 Å². The highest BCUT2D eigenvalue weighted by Crippen LogP contribution is 2.21. The van der Waals surface area contributed by atoms with Crippen LogP contribution in [0.2, 0.25) is 5.02 Å². The van der Waals surface area contributed by atoms with Gasteiger partial charge in [-0.25, -0.2) is 4.79 Å². The topological polar surface area (TPSA) is 66.4 Å². The maximum Gasteiger partial charge on any atom is 0.329 e. The highest BCUT2D eigenvalue weighted by Gasteiger charge is 2.32. The highest BCUT2D eigenvalue weighted by molar-refractivity contribution is 7.99. The zero-order valence-corrected chi connectivity index (χ0v) is 13.8. The Hall–Kier alpha value is -1.20. The highest BCUT2D eigenvalue weighted by atomic mass is 35.5. The first-order valence-corrected chi connectivity index (χ1v) is 8.16. The molecule has 0 aliphatic rings. The van der Waals surface area contributed by atoms with Gasteiger partial charge in [0.15, 0.2) is 0 Å². The van der Waals surface area contributed by atoms with Crippen molar-refractivity contribution in [3.8, 4) is 0 Å². The van der Waals surface area contributed by atoms with Gasteiger partial charge in [-0.15, -0.1) is 11.8 Å². The Morgan fingerprint density at radius 1 is 1.33 bits per heavy atom. The van der Waals surface area contributed by atoms with Crippen LogP contribution in [0, 0.1) is 0 Å². The summed E-state index contributed by atoms with van der Waals surface area (Å²) in [6.45, 7) is 3.26. The minimum absolute atomic E-state index is 0.224. The fraction of sp³-hybridized carbons (Fsp3) is 0.467. The summed E-state index contributed by atoms with van der Waals surface area (Å²) < 4.78 is 0. The average molecular weight is 330 g/mol. The Morgan fingerprint density at radius 3 is 2.48 bits per heavy atom. The average Bonchev–Trinajstić information content (AvgIpc) is 2.45. The van der Waals surface area contributed by atoms with E-state index in [2.05, 4.69) is 5.32 Å². The summed E-state index contributed by atoms with van der Waals surface area (Å²) in [5.41, 5.74) is -1.18. The van der Waals surface area contributed by atoms with Crippen LogP contribution in [0.3, 0.4) is 0 Å². The van der Waals surface area contributed by atoms with Crippen molar-refractivity contribution in [3.05, 3.63) is 29.3 Å². The number of hydrogen-bond donors (Lipinski definition) is 2. The van der Waals surface area contributed by atoms with Crippen LogP contribution in [-0.2, 0) is 9.59 Å². The molecule has 1 aromatic carbocycles. The molecular formula is C15H20ClNO3S. The fourth-order valence-corrected chi connectivity index (χ4v) is 2.60. The lowest BCUT2D eigenvalue weighted by molar-refractivity contribution is -0.147. The molecule has 116 valence electrons. The molecule has 0 aliphatic carbocycles. The van der Waals surface area contributed by atoms with E-state index in [9.17, 15) is 9.59 Å². The number of carboxylic acid groups (broad SMARTS) is 1. The number of nitrogens with one attached hydrogen (secondary N) is 1. The second-order valence-electron chi connectivity index (χ2n) is 4.94. The Balaban J connectivity index is 2.30. The smallest absolute Gasteiger partial charge is 0.329 e. The van der Waals surface area contributed by atoms with Crippen molar-refractivity contribution in [2.75, 3.05) is 5.75 Å². The molecule has 4 nitrogen and oxygen atoms in total. The normalized spacial score (nSPS) is 13.5. The van der Waals surface area contributed by atoms with Crippen molar-refractivity contribution < 1.29 is 14.7 Å². The summed E-state index contributed by atoms with van der Waals surface area (Å²) >= 11 is 7.45. The van der Waals surface area contributed by atoms with Crippen LogP contribution in [0.4, 0.5) is 0 Å². The molecular weight excluding hydrogens is 310 g/mol. The van der Waals surface area contributed by atoms with Crippen LogP contribution >= 0.6 is 23.4 Å². The van der Waals surface area contributed by atoms with Crippen LogP contribution in [0.1, 0.15) is 33.1 Å². The standard InChI is InChI=1S/C15H20ClNO3S/c1-3-15(2,14(19)20)17-13(18)5-4-10-21-12-8-6-11(16)7-9-12/h6-9H,3-5,10H2,1-2H3,(H,17,18)(H,19,20). The van der Waals surface area contributed by atoms with Crippen molar-refractivity contribution in [3.63, 3.8) is 0 Å². The molecule has 1 unspecified atom stereocenters. The Morgan fingerprint density at radius 2 is 1.95 bits per heavy atom. The molecule has 0 heterocycles. The van der Waals surface area contributed by atoms with E-state index >= 15 is 0 Å². The van der Waals surface area contributed by atoms with Gasteiger partial charge in [0.2, 0.25) is 5.91 Å². The third-order valence-corrected chi connectivity index (χ3v) is 4.58. The van der Waals surface area contributed by atoms with E-state index in [1.807, 2.05) is 24.3 Å². The molecule has 21 heavy (non-hydrogen) atoms. The van der Waals surface area contributed by atoms with E-state index < -0.39 is 11.5 Å². The van der Waals surface area contributed by atoms with Crippen molar-refractivity contribution in [1.82, 2.24) is 5.32 Å². The molecule has 0 spiro atoms. The first kappa shape index (κ1) is 17.9. The van der Waals surface area contributed by atoms with Gasteiger partial charge in [0.1, 0.15) is 5.54 Å². The minimum Gasteiger partial charge on any atom is -0.480 e. The number of halogens is 1. The summed E-state index contributed by atoms with van der Waals surface area (Å²) in [5, 5.41) is 12.4. The summed E-state index contributed by atoms with van der Waals surface area (Å²) in [5.74, 6) is -0.433. The van der Waals surface area contributed by atoms with E-state index in [4.69, 9.17) is 16.7 Å². The number of carbonyl (C=O) groups excluding carboxylic acids is 1. The van der Waals surface area contributed by atoms with Crippen LogP contribution in [0.5, 0.6) is 0 Å². The van der Waals surface area contributed by atoms with E-state index in [1.54, 1.807) is 18.7 Å². The number of hydrogen-bond acceptors (Lipinski definition) is 3. The zero-order chi connectivity index (χ0) is 15.9. The summed E-state index contributed by atoms with van der Waals surface area (Å²) in [6.07, 6.45) is 1.37. The van der Waals surface area contributed by atoms with Gasteiger partial charge in [-0.2, -0.15) is 0 Å². The molecule has 1 atom stereocenters. The van der Waals surface area contributed by atoms with Crippen molar-refractivity contribution in [2.24, 2.45) is 0 Å². The van der Waals surface area contributed by atoms with Gasteiger partial charge >= 0.3 is 5.97 Å². The molecule has 1 aromatic rings. The molecule has 0 saturated carbocycles. The van der Waals surface area contributed by atoms with Gasteiger partial charge in [0, 0.05) is 16.3 Å². The SMILES string of the molecule is CCC(C)(NC(=O)CCCSc1ccc(Cl)cc1)C(=O)O. The van der Waals surface area contributed by atoms with Crippen LogP contribution < -0.4 is 5.32 Å². The van der Waals surface area contributed by atoms with Gasteiger partial charge in [-0.1, -0.05) is 18.5 Å². The molecule has 1 amide bonds. The zero-order valence-electron chi connectivity index (χ0n) is 12.2. The van der Waals surface area contributed by atoms with Crippen LogP contribution in [-0.4, -0.2) is 28.3 Å². The van der Waals surface area contributed by atoms with Crippen LogP contribution in [0.15, 0.2) is 29.2 Å². The lowest BCUT2D eigenvalue weighted by Gasteiger charge is -2.24. The number of amides is 1. The Kier molecular flexibility index (Phi) is 7.05. The predicted molar refractivity (Wildman–Crippen MR) is 85.9 cm³/mol. The van der Waals surface area contributed by atoms with Gasteiger partial charge in [0.05, 0.1) is 0 Å². The molecule has 1 rings (SSSR count). The molecule has 0 saturated heterocycles. The maximum absolute atomic E-state index is 11.8. The van der Waals surface area contributed by atoms with E-state index in [0.717, 1.165) is 10.6 Å². The molecule has 0 fully saturated rings. The van der Waals surface area contributed by atoms with Gasteiger partial charge < -0.3 is 10.4 Å². The molecule has 6 heteroatoms. The Labute approximate surface area is 134 Å². The molecule has 0 radical (unpaired) electrons. The first-order chi connectivity index (χ1) is 9.87. The second kappa shape index (κ2) is 8.29. The minimum atomic E-state index is -1.18. The van der Waals surface area contributed by atoms with Gasteiger partial charge in [0.25, 0.3) is 0 Å². The number of benzene rings is 1. The summed E-state index contributed by atoms with van der Waals surface area (Å²) in [6, 6.07) is 7.53. The molecule has 0 aromatic heterocycles. The number of thioether (sulfide) groups is 1. The number of aliphatic carboxylic acids is 1. The number of carboxylic acids is 1. The van der Waals surface area contributed by atoms with Crippen LogP contribution in [0.25, 0.3) is 0 Å². The first-order valence-electron chi connectivity index (χ1n) is 6.80. The van der Waals surface area contributed by atoms with E-state index in [0.29, 0.717) is 24.3 Å². The molecule has 2 N–H and O–H groups in total. The van der Waals surface area contributed by atoms with Gasteiger partial charge in [-0.3, -0.25) is 4.79 Å². The summed E-state index contributed by atoms with van der Waals surface area (Å²) in [7, 11) is 0. The lowest BCUT2D eigenvalue weighted by atomic mass is 9.99.